The fraction of sp³-hybridized carbons (Fsp3) is 0.333. The topological polar surface area (TPSA) is 0 Å². The maximum Gasteiger partial charge on any atom is 0 e. The van der Waals surface area contributed by atoms with Gasteiger partial charge in [0.25, 0.3) is 0 Å². The minimum absolute atomic E-state index is 0. The average Bonchev–Trinajstić information content (AvgIpc) is 1.59. The Balaban J connectivity index is 0.000000810. The molecule has 1 heteroatoms. The zero-order valence-electron chi connectivity index (χ0n) is 6.47. The molecule has 10 heavy (non-hydrogen) atoms. The summed E-state index contributed by atoms with van der Waals surface area (Å²) >= 11 is 0. The van der Waals surface area contributed by atoms with Crippen LogP contribution in [0.3, 0.4) is 0 Å². The van der Waals surface area contributed by atoms with Crippen molar-refractivity contribution in [2.24, 2.45) is 0 Å². The van der Waals surface area contributed by atoms with Crippen LogP contribution in [0.5, 0.6) is 0 Å². The third kappa shape index (κ3) is 2.66. The summed E-state index contributed by atoms with van der Waals surface area (Å²) in [4.78, 5) is 0. The van der Waals surface area contributed by atoms with Crippen molar-refractivity contribution >= 4 is 0 Å². The molecule has 1 rings (SSSR count). The molecule has 0 aliphatic carbocycles. The smallest absolute Gasteiger partial charge is 0 e. The molecular weight excluding hydrogens is 303 g/mol. The first-order chi connectivity index (χ1) is 4.18. The van der Waals surface area contributed by atoms with Crippen LogP contribution in [0.2, 0.25) is 0 Å². The van der Waals surface area contributed by atoms with Crippen LogP contribution in [-0.4, -0.2) is 0 Å². The second-order valence-electron chi connectivity index (χ2n) is 2.52. The van der Waals surface area contributed by atoms with Gasteiger partial charge in [0.1, 0.15) is 0 Å². The number of hydrogen-bond acceptors (Lipinski definition) is 0. The van der Waals surface area contributed by atoms with Crippen LogP contribution in [-0.2, 0) is 21.1 Å². The monoisotopic (exact) mass is 314 g/mol. The zero-order chi connectivity index (χ0) is 6.85. The van der Waals surface area contributed by atoms with E-state index in [2.05, 4.69) is 39.0 Å². The Morgan fingerprint density at radius 1 is 1.00 bits per heavy atom. The number of hydrogen-bond donors (Lipinski definition) is 0. The molecule has 0 saturated carbocycles. The van der Waals surface area contributed by atoms with E-state index in [1.165, 1.54) is 16.7 Å². The van der Waals surface area contributed by atoms with Gasteiger partial charge >= 0.3 is 0 Å². The minimum Gasteiger partial charge on any atom is -0.177 e. The minimum atomic E-state index is 0. The first kappa shape index (κ1) is 9.91. The SMILES string of the molecule is Cc1[c-]c(C)cc(C)c1.[Pt]. The molecular formula is C9H11Pt-. The van der Waals surface area contributed by atoms with E-state index < -0.39 is 0 Å². The second-order valence-corrected chi connectivity index (χ2v) is 2.52. The Bertz CT molecular complexity index is 165. The van der Waals surface area contributed by atoms with Crippen molar-refractivity contribution in [3.63, 3.8) is 0 Å². The quantitative estimate of drug-likeness (QED) is 0.645. The van der Waals surface area contributed by atoms with E-state index in [9.17, 15) is 0 Å². The predicted molar refractivity (Wildman–Crippen MR) is 39.5 cm³/mol. The van der Waals surface area contributed by atoms with Crippen molar-refractivity contribution in [1.82, 2.24) is 0 Å². The molecule has 0 aromatic heterocycles. The number of rotatable bonds is 0. The largest absolute Gasteiger partial charge is 0.177 e. The van der Waals surface area contributed by atoms with E-state index in [0.717, 1.165) is 0 Å². The van der Waals surface area contributed by atoms with Crippen LogP contribution >= 0.6 is 0 Å². The van der Waals surface area contributed by atoms with Crippen molar-refractivity contribution in [2.75, 3.05) is 0 Å². The summed E-state index contributed by atoms with van der Waals surface area (Å²) in [5.41, 5.74) is 3.78. The van der Waals surface area contributed by atoms with E-state index in [-0.39, 0.29) is 21.1 Å². The van der Waals surface area contributed by atoms with E-state index in [4.69, 9.17) is 0 Å². The normalized spacial score (nSPS) is 8.70. The fourth-order valence-corrected chi connectivity index (χ4v) is 1.11. The summed E-state index contributed by atoms with van der Waals surface area (Å²) in [6.45, 7) is 6.24. The summed E-state index contributed by atoms with van der Waals surface area (Å²) < 4.78 is 0. The first-order valence-corrected chi connectivity index (χ1v) is 3.15. The molecule has 0 bridgehead atoms. The van der Waals surface area contributed by atoms with Crippen LogP contribution in [0.1, 0.15) is 16.7 Å². The van der Waals surface area contributed by atoms with Crippen LogP contribution in [0, 0.1) is 26.8 Å². The van der Waals surface area contributed by atoms with Gasteiger partial charge in [-0.3, -0.25) is 0 Å². The Morgan fingerprint density at radius 3 is 1.70 bits per heavy atom. The van der Waals surface area contributed by atoms with Crippen molar-refractivity contribution in [3.05, 3.63) is 34.9 Å². The van der Waals surface area contributed by atoms with Gasteiger partial charge in [0.15, 0.2) is 0 Å². The molecule has 0 fully saturated rings. The van der Waals surface area contributed by atoms with E-state index in [0.29, 0.717) is 0 Å². The van der Waals surface area contributed by atoms with Gasteiger partial charge in [0, 0.05) is 21.1 Å². The fourth-order valence-electron chi connectivity index (χ4n) is 1.11. The first-order valence-electron chi connectivity index (χ1n) is 3.15. The molecule has 0 atom stereocenters. The predicted octanol–water partition coefficient (Wildman–Crippen LogP) is 2.41. The van der Waals surface area contributed by atoms with Gasteiger partial charge in [-0.2, -0.15) is 34.9 Å². The van der Waals surface area contributed by atoms with Crippen LogP contribution < -0.4 is 0 Å². The Labute approximate surface area is 76.9 Å². The molecule has 1 aromatic carbocycles. The van der Waals surface area contributed by atoms with Crippen molar-refractivity contribution in [1.29, 1.82) is 0 Å². The van der Waals surface area contributed by atoms with Gasteiger partial charge in [-0.1, -0.05) is 20.8 Å². The maximum atomic E-state index is 3.21. The van der Waals surface area contributed by atoms with E-state index in [1.54, 1.807) is 0 Å². The van der Waals surface area contributed by atoms with Gasteiger partial charge in [-0.15, -0.1) is 0 Å². The maximum absolute atomic E-state index is 3.21. The number of aryl methyl sites for hydroxylation is 3. The van der Waals surface area contributed by atoms with Crippen LogP contribution in [0.15, 0.2) is 12.1 Å². The van der Waals surface area contributed by atoms with Crippen LogP contribution in [0.25, 0.3) is 0 Å². The third-order valence-electron chi connectivity index (χ3n) is 1.28. The molecule has 58 valence electrons. The molecule has 0 aliphatic heterocycles. The molecule has 0 aliphatic rings. The average molecular weight is 314 g/mol. The van der Waals surface area contributed by atoms with Gasteiger partial charge in [-0.05, 0) is 0 Å². The molecule has 0 N–H and O–H groups in total. The molecule has 0 unspecified atom stereocenters. The summed E-state index contributed by atoms with van der Waals surface area (Å²) in [5, 5.41) is 0. The molecule has 0 saturated heterocycles. The molecule has 0 spiro atoms. The molecule has 0 amide bonds. The Kier molecular flexibility index (Phi) is 3.89. The standard InChI is InChI=1S/C9H11.Pt/c1-7-4-8(2)6-9(3)5-7;/h4-5H,1-3H3;/q-1;. The third-order valence-corrected chi connectivity index (χ3v) is 1.28. The second kappa shape index (κ2) is 3.93. The van der Waals surface area contributed by atoms with Crippen molar-refractivity contribution < 1.29 is 21.1 Å². The molecule has 1 aromatic rings. The molecule has 0 nitrogen and oxygen atoms in total. The summed E-state index contributed by atoms with van der Waals surface area (Å²) in [7, 11) is 0. The summed E-state index contributed by atoms with van der Waals surface area (Å²) in [6.07, 6.45) is 0. The van der Waals surface area contributed by atoms with Gasteiger partial charge < -0.3 is 0 Å². The van der Waals surface area contributed by atoms with Gasteiger partial charge in [0.2, 0.25) is 0 Å². The molecule has 0 radical (unpaired) electrons. The summed E-state index contributed by atoms with van der Waals surface area (Å²) in [6, 6.07) is 7.47. The van der Waals surface area contributed by atoms with Crippen LogP contribution in [0.4, 0.5) is 0 Å². The van der Waals surface area contributed by atoms with E-state index in [1.807, 2.05) is 0 Å². The summed E-state index contributed by atoms with van der Waals surface area (Å²) in [5.74, 6) is 0. The Morgan fingerprint density at radius 2 is 1.40 bits per heavy atom. The molecule has 0 heterocycles. The van der Waals surface area contributed by atoms with Crippen molar-refractivity contribution in [3.8, 4) is 0 Å². The Hall–Kier alpha value is -0.0917. The van der Waals surface area contributed by atoms with Crippen molar-refractivity contribution in [2.45, 2.75) is 20.8 Å². The zero-order valence-corrected chi connectivity index (χ0v) is 8.74. The van der Waals surface area contributed by atoms with Gasteiger partial charge in [0.05, 0.1) is 0 Å². The van der Waals surface area contributed by atoms with Gasteiger partial charge in [-0.25, -0.2) is 0 Å². The number of benzene rings is 1. The van der Waals surface area contributed by atoms with E-state index >= 15 is 0 Å².